The summed E-state index contributed by atoms with van der Waals surface area (Å²) in [5, 5.41) is 10.7. The van der Waals surface area contributed by atoms with Gasteiger partial charge in [-0.1, -0.05) is 32.0 Å². The molecule has 0 radical (unpaired) electrons. The minimum Gasteiger partial charge on any atom is -0.492 e. The van der Waals surface area contributed by atoms with E-state index in [0.29, 0.717) is 37.2 Å². The van der Waals surface area contributed by atoms with Crippen LogP contribution in [-0.4, -0.2) is 48.5 Å². The van der Waals surface area contributed by atoms with Gasteiger partial charge in [0, 0.05) is 37.2 Å². The first kappa shape index (κ1) is 24.4. The topological polar surface area (TPSA) is 115 Å². The van der Waals surface area contributed by atoms with Crippen LogP contribution in [0.5, 0.6) is 5.75 Å². The number of rotatable bonds is 11. The van der Waals surface area contributed by atoms with Gasteiger partial charge in [0.2, 0.25) is 27.7 Å². The van der Waals surface area contributed by atoms with Gasteiger partial charge in [-0.05, 0) is 37.3 Å². The highest BCUT2D eigenvalue weighted by atomic mass is 32.2. The van der Waals surface area contributed by atoms with E-state index in [1.807, 2.05) is 30.3 Å². The second-order valence-corrected chi connectivity index (χ2v) is 9.01. The van der Waals surface area contributed by atoms with Crippen molar-refractivity contribution >= 4 is 21.6 Å². The van der Waals surface area contributed by atoms with Crippen molar-refractivity contribution in [3.05, 3.63) is 54.4 Å². The minimum absolute atomic E-state index is 0.0234. The number of anilines is 1. The van der Waals surface area contributed by atoms with E-state index >= 15 is 0 Å². The molecule has 1 aromatic heterocycles. The Morgan fingerprint density at radius 2 is 1.79 bits per heavy atom. The second kappa shape index (κ2) is 11.1. The largest absolute Gasteiger partial charge is 0.492 e. The fraction of sp³-hybridized carbons (Fsp3) is 0.348. The molecule has 10 heteroatoms. The molecule has 0 aliphatic carbocycles. The molecule has 0 aliphatic rings. The monoisotopic (exact) mass is 472 g/mol. The molecule has 0 fully saturated rings. The van der Waals surface area contributed by atoms with Crippen molar-refractivity contribution in [2.45, 2.75) is 38.5 Å². The molecule has 33 heavy (non-hydrogen) atoms. The summed E-state index contributed by atoms with van der Waals surface area (Å²) in [4.78, 5) is 12.5. The van der Waals surface area contributed by atoms with E-state index in [1.54, 1.807) is 32.9 Å². The molecule has 0 atom stereocenters. The Labute approximate surface area is 193 Å². The Morgan fingerprint density at radius 1 is 1.06 bits per heavy atom. The van der Waals surface area contributed by atoms with Gasteiger partial charge in [0.25, 0.3) is 0 Å². The van der Waals surface area contributed by atoms with E-state index in [9.17, 15) is 13.2 Å². The second-order valence-electron chi connectivity index (χ2n) is 7.10. The third kappa shape index (κ3) is 5.96. The summed E-state index contributed by atoms with van der Waals surface area (Å²) in [6, 6.07) is 14.0. The van der Waals surface area contributed by atoms with Crippen molar-refractivity contribution in [1.82, 2.24) is 14.5 Å². The van der Waals surface area contributed by atoms with Gasteiger partial charge >= 0.3 is 0 Å². The first-order valence-corrected chi connectivity index (χ1v) is 12.3. The van der Waals surface area contributed by atoms with Crippen LogP contribution in [0.4, 0.5) is 5.69 Å². The van der Waals surface area contributed by atoms with Gasteiger partial charge in [0.05, 0.1) is 6.61 Å². The zero-order valence-corrected chi connectivity index (χ0v) is 19.8. The first-order valence-electron chi connectivity index (χ1n) is 10.8. The quantitative estimate of drug-likeness (QED) is 0.452. The molecule has 1 heterocycles. The molecule has 0 saturated carbocycles. The predicted octanol–water partition coefficient (Wildman–Crippen LogP) is 3.74. The molecule has 0 spiro atoms. The van der Waals surface area contributed by atoms with Crippen molar-refractivity contribution in [2.24, 2.45) is 0 Å². The lowest BCUT2D eigenvalue weighted by Gasteiger charge is -2.21. The number of amides is 1. The number of carbonyl (C=O) groups excluding carboxylic acids is 1. The number of nitrogens with zero attached hydrogens (tertiary/aromatic N) is 3. The Balaban J connectivity index is 1.70. The summed E-state index contributed by atoms with van der Waals surface area (Å²) >= 11 is 0. The normalized spacial score (nSPS) is 11.5. The highest BCUT2D eigenvalue weighted by molar-refractivity contribution is 7.89. The van der Waals surface area contributed by atoms with E-state index in [4.69, 9.17) is 9.15 Å². The number of ether oxygens (including phenoxy) is 1. The highest BCUT2D eigenvalue weighted by Gasteiger charge is 2.26. The number of hydrogen-bond acceptors (Lipinski definition) is 7. The van der Waals surface area contributed by atoms with Gasteiger partial charge in [0.15, 0.2) is 0 Å². The van der Waals surface area contributed by atoms with Crippen molar-refractivity contribution in [3.63, 3.8) is 0 Å². The molecule has 0 unspecified atom stereocenters. The molecular weight excluding hydrogens is 444 g/mol. The molecule has 176 valence electrons. The van der Waals surface area contributed by atoms with Crippen LogP contribution in [0, 0.1) is 0 Å². The Hall–Kier alpha value is -3.24. The fourth-order valence-corrected chi connectivity index (χ4v) is 4.88. The summed E-state index contributed by atoms with van der Waals surface area (Å²) in [5.41, 5.74) is 1.17. The van der Waals surface area contributed by atoms with E-state index < -0.39 is 10.0 Å². The van der Waals surface area contributed by atoms with Gasteiger partial charge in [0.1, 0.15) is 10.6 Å². The molecule has 0 bridgehead atoms. The molecule has 1 N–H and O–H groups in total. The smallest absolute Gasteiger partial charge is 0.247 e. The van der Waals surface area contributed by atoms with Crippen molar-refractivity contribution in [2.75, 3.05) is 25.0 Å². The van der Waals surface area contributed by atoms with Crippen LogP contribution in [0.1, 0.15) is 33.1 Å². The molecule has 3 rings (SSSR count). The van der Waals surface area contributed by atoms with Gasteiger partial charge in [-0.15, -0.1) is 10.2 Å². The number of nitrogens with one attached hydrogen (secondary N) is 1. The van der Waals surface area contributed by atoms with E-state index in [2.05, 4.69) is 15.5 Å². The fourth-order valence-electron chi connectivity index (χ4n) is 3.26. The van der Waals surface area contributed by atoms with Gasteiger partial charge < -0.3 is 14.5 Å². The third-order valence-corrected chi connectivity index (χ3v) is 6.98. The Bertz CT molecular complexity index is 1170. The van der Waals surface area contributed by atoms with Gasteiger partial charge in [-0.25, -0.2) is 8.42 Å². The summed E-state index contributed by atoms with van der Waals surface area (Å²) in [6.07, 6.45) is 0.356. The Kier molecular flexibility index (Phi) is 8.18. The molecule has 3 aromatic rings. The van der Waals surface area contributed by atoms with E-state index in [0.717, 1.165) is 5.56 Å². The van der Waals surface area contributed by atoms with Crippen molar-refractivity contribution in [1.29, 1.82) is 0 Å². The average molecular weight is 473 g/mol. The summed E-state index contributed by atoms with van der Waals surface area (Å²) in [7, 11) is -3.77. The summed E-state index contributed by atoms with van der Waals surface area (Å²) < 4.78 is 38.6. The average Bonchev–Trinajstić information content (AvgIpc) is 3.29. The summed E-state index contributed by atoms with van der Waals surface area (Å²) in [6.45, 7) is 6.31. The van der Waals surface area contributed by atoms with Crippen molar-refractivity contribution in [3.8, 4) is 17.2 Å². The standard InChI is InChI=1S/C23H28N4O5S/c1-4-27(5-2)33(29,30)20-16-18(12-13-19(20)31-6-3)24-21(28)14-15-22-25-26-23(32-22)17-10-8-7-9-11-17/h7-13,16H,4-6,14-15H2,1-3H3,(H,24,28). The zero-order valence-electron chi connectivity index (χ0n) is 18.9. The number of aryl methyl sites for hydroxylation is 1. The van der Waals surface area contributed by atoms with Gasteiger partial charge in [-0.3, -0.25) is 4.79 Å². The molecule has 0 saturated heterocycles. The van der Waals surface area contributed by atoms with Crippen LogP contribution in [0.3, 0.4) is 0 Å². The maximum atomic E-state index is 13.1. The number of sulfonamides is 1. The molecule has 1 amide bonds. The SMILES string of the molecule is CCOc1ccc(NC(=O)CCc2nnc(-c3ccccc3)o2)cc1S(=O)(=O)N(CC)CC. The third-order valence-electron chi connectivity index (χ3n) is 4.90. The van der Waals surface area contributed by atoms with E-state index in [-0.39, 0.29) is 29.4 Å². The Morgan fingerprint density at radius 3 is 2.45 bits per heavy atom. The van der Waals surface area contributed by atoms with Crippen LogP contribution >= 0.6 is 0 Å². The van der Waals surface area contributed by atoms with Crippen LogP contribution < -0.4 is 10.1 Å². The minimum atomic E-state index is -3.77. The summed E-state index contributed by atoms with van der Waals surface area (Å²) in [5.74, 6) is 0.691. The number of aromatic nitrogens is 2. The lowest BCUT2D eigenvalue weighted by molar-refractivity contribution is -0.116. The van der Waals surface area contributed by atoms with Crippen LogP contribution in [0.2, 0.25) is 0 Å². The van der Waals surface area contributed by atoms with Crippen LogP contribution in [0.15, 0.2) is 57.8 Å². The van der Waals surface area contributed by atoms with Crippen molar-refractivity contribution < 1.29 is 22.4 Å². The number of benzene rings is 2. The lowest BCUT2D eigenvalue weighted by Crippen LogP contribution is -2.31. The predicted molar refractivity (Wildman–Crippen MR) is 124 cm³/mol. The highest BCUT2D eigenvalue weighted by Crippen LogP contribution is 2.30. The first-order chi connectivity index (χ1) is 15.9. The number of carbonyl (C=O) groups is 1. The van der Waals surface area contributed by atoms with Crippen LogP contribution in [-0.2, 0) is 21.2 Å². The zero-order chi connectivity index (χ0) is 23.8. The molecule has 2 aromatic carbocycles. The maximum Gasteiger partial charge on any atom is 0.247 e. The molecule has 0 aliphatic heterocycles. The molecule has 9 nitrogen and oxygen atoms in total. The van der Waals surface area contributed by atoms with Crippen LogP contribution in [0.25, 0.3) is 11.5 Å². The maximum absolute atomic E-state index is 13.1. The van der Waals surface area contributed by atoms with E-state index in [1.165, 1.54) is 10.4 Å². The molecular formula is C23H28N4O5S. The lowest BCUT2D eigenvalue weighted by atomic mass is 10.2. The number of hydrogen-bond donors (Lipinski definition) is 1. The van der Waals surface area contributed by atoms with Gasteiger partial charge in [-0.2, -0.15) is 4.31 Å².